The molecule has 0 fully saturated rings. The van der Waals surface area contributed by atoms with Crippen molar-refractivity contribution in [3.8, 4) is 5.75 Å². The van der Waals surface area contributed by atoms with Crippen molar-refractivity contribution in [1.82, 2.24) is 20.1 Å². The van der Waals surface area contributed by atoms with Gasteiger partial charge in [0.15, 0.2) is 0 Å². The van der Waals surface area contributed by atoms with E-state index in [1.807, 2.05) is 32.2 Å². The number of amides is 1. The van der Waals surface area contributed by atoms with Crippen LogP contribution in [0.4, 0.5) is 0 Å². The normalized spacial score (nSPS) is 11.9. The smallest absolute Gasteiger partial charge is 0.244 e. The molecule has 1 amide bonds. The highest BCUT2D eigenvalue weighted by Crippen LogP contribution is 2.07. The number of carbonyl (C=O) groups excluding carboxylic acids is 1. The zero-order chi connectivity index (χ0) is 15.1. The second kappa shape index (κ2) is 7.42. The van der Waals surface area contributed by atoms with Gasteiger partial charge in [-0.1, -0.05) is 0 Å². The summed E-state index contributed by atoms with van der Waals surface area (Å²) < 4.78 is 7.17. The van der Waals surface area contributed by atoms with Crippen LogP contribution in [0.2, 0.25) is 0 Å². The molecule has 2 aromatic rings. The topological polar surface area (TPSA) is 69.0 Å². The average Bonchev–Trinajstić information content (AvgIpc) is 2.93. The van der Waals surface area contributed by atoms with Crippen molar-refractivity contribution in [2.75, 3.05) is 13.2 Å². The van der Waals surface area contributed by atoms with Gasteiger partial charge in [0.25, 0.3) is 0 Å². The van der Waals surface area contributed by atoms with Crippen molar-refractivity contribution in [3.05, 3.63) is 42.5 Å². The minimum Gasteiger partial charge on any atom is -0.492 e. The van der Waals surface area contributed by atoms with Gasteiger partial charge >= 0.3 is 0 Å². The number of hydrogen-bond acceptors (Lipinski definition) is 4. The standard InChI is InChI=1S/C15H20N4O2/c1-12-9-18-19(11-12)13(2)15(20)17-7-4-8-21-14-5-3-6-16-10-14/h3,5-6,9-11,13H,4,7-8H2,1-2H3,(H,17,20)/t13-/m1/s1. The SMILES string of the molecule is Cc1cnn([C@H](C)C(=O)NCCCOc2cccnc2)c1. The molecule has 0 aliphatic heterocycles. The van der Waals surface area contributed by atoms with Gasteiger partial charge in [-0.25, -0.2) is 0 Å². The third-order valence-electron chi connectivity index (χ3n) is 3.03. The maximum absolute atomic E-state index is 12.0. The Bertz CT molecular complexity index is 568. The highest BCUT2D eigenvalue weighted by Gasteiger charge is 2.14. The molecular formula is C15H20N4O2. The fraction of sp³-hybridized carbons (Fsp3) is 0.400. The van der Waals surface area contributed by atoms with Gasteiger partial charge in [0.2, 0.25) is 5.91 Å². The quantitative estimate of drug-likeness (QED) is 0.788. The summed E-state index contributed by atoms with van der Waals surface area (Å²) in [6.07, 6.45) is 7.71. The number of carbonyl (C=O) groups is 1. The third-order valence-corrected chi connectivity index (χ3v) is 3.03. The number of ether oxygens (including phenoxy) is 1. The summed E-state index contributed by atoms with van der Waals surface area (Å²) in [6, 6.07) is 3.37. The van der Waals surface area contributed by atoms with Gasteiger partial charge in [0, 0.05) is 18.9 Å². The van der Waals surface area contributed by atoms with Crippen molar-refractivity contribution in [2.24, 2.45) is 0 Å². The number of nitrogens with zero attached hydrogens (tertiary/aromatic N) is 3. The zero-order valence-corrected chi connectivity index (χ0v) is 12.3. The van der Waals surface area contributed by atoms with Gasteiger partial charge < -0.3 is 10.1 Å². The first-order chi connectivity index (χ1) is 10.2. The van der Waals surface area contributed by atoms with Crippen molar-refractivity contribution < 1.29 is 9.53 Å². The Morgan fingerprint density at radius 1 is 1.48 bits per heavy atom. The highest BCUT2D eigenvalue weighted by atomic mass is 16.5. The molecule has 0 unspecified atom stereocenters. The molecule has 2 rings (SSSR count). The van der Waals surface area contributed by atoms with Crippen molar-refractivity contribution in [3.63, 3.8) is 0 Å². The lowest BCUT2D eigenvalue weighted by Gasteiger charge is -2.12. The van der Waals surface area contributed by atoms with Gasteiger partial charge in [-0.15, -0.1) is 0 Å². The summed E-state index contributed by atoms with van der Waals surface area (Å²) in [7, 11) is 0. The van der Waals surface area contributed by atoms with E-state index in [9.17, 15) is 4.79 Å². The lowest BCUT2D eigenvalue weighted by atomic mass is 10.3. The van der Waals surface area contributed by atoms with Crippen LogP contribution in [-0.4, -0.2) is 33.8 Å². The van der Waals surface area contributed by atoms with Gasteiger partial charge in [-0.05, 0) is 38.0 Å². The van der Waals surface area contributed by atoms with Crippen LogP contribution in [0.1, 0.15) is 24.9 Å². The Hall–Kier alpha value is -2.37. The monoisotopic (exact) mass is 288 g/mol. The molecule has 1 atom stereocenters. The van der Waals surface area contributed by atoms with E-state index in [1.54, 1.807) is 23.3 Å². The molecule has 2 aromatic heterocycles. The van der Waals surface area contributed by atoms with E-state index < -0.39 is 0 Å². The van der Waals surface area contributed by atoms with Gasteiger partial charge in [-0.3, -0.25) is 14.5 Å². The lowest BCUT2D eigenvalue weighted by molar-refractivity contribution is -0.124. The van der Waals surface area contributed by atoms with E-state index in [-0.39, 0.29) is 11.9 Å². The molecule has 0 spiro atoms. The van der Waals surface area contributed by atoms with E-state index in [4.69, 9.17) is 4.74 Å². The largest absolute Gasteiger partial charge is 0.492 e. The first-order valence-electron chi connectivity index (χ1n) is 6.98. The molecule has 0 bridgehead atoms. The molecular weight excluding hydrogens is 268 g/mol. The summed E-state index contributed by atoms with van der Waals surface area (Å²) in [4.78, 5) is 15.9. The van der Waals surface area contributed by atoms with Gasteiger partial charge in [0.1, 0.15) is 11.8 Å². The lowest BCUT2D eigenvalue weighted by Crippen LogP contribution is -2.32. The fourth-order valence-electron chi connectivity index (χ4n) is 1.82. The average molecular weight is 288 g/mol. The van der Waals surface area contributed by atoms with Crippen LogP contribution in [0.25, 0.3) is 0 Å². The molecule has 0 saturated heterocycles. The first-order valence-corrected chi connectivity index (χ1v) is 6.98. The van der Waals surface area contributed by atoms with Crippen LogP contribution >= 0.6 is 0 Å². The highest BCUT2D eigenvalue weighted by molar-refractivity contribution is 5.79. The Kier molecular flexibility index (Phi) is 5.31. The van der Waals surface area contributed by atoms with Crippen LogP contribution in [0, 0.1) is 6.92 Å². The molecule has 6 heteroatoms. The van der Waals surface area contributed by atoms with Crippen molar-refractivity contribution in [2.45, 2.75) is 26.3 Å². The number of hydrogen-bond donors (Lipinski definition) is 1. The van der Waals surface area contributed by atoms with E-state index in [2.05, 4.69) is 15.4 Å². The van der Waals surface area contributed by atoms with E-state index in [0.29, 0.717) is 13.2 Å². The van der Waals surface area contributed by atoms with E-state index in [1.165, 1.54) is 0 Å². The molecule has 0 aliphatic carbocycles. The summed E-state index contributed by atoms with van der Waals surface area (Å²) in [6.45, 7) is 4.89. The molecule has 0 radical (unpaired) electrons. The number of aromatic nitrogens is 3. The van der Waals surface area contributed by atoms with Crippen LogP contribution in [0.15, 0.2) is 36.9 Å². The Morgan fingerprint density at radius 2 is 2.33 bits per heavy atom. The summed E-state index contributed by atoms with van der Waals surface area (Å²) in [5.74, 6) is 0.698. The predicted octanol–water partition coefficient (Wildman–Crippen LogP) is 1.73. The number of pyridine rings is 1. The Labute approximate surface area is 124 Å². The Morgan fingerprint density at radius 3 is 3.00 bits per heavy atom. The van der Waals surface area contributed by atoms with Gasteiger partial charge in [-0.2, -0.15) is 5.10 Å². The van der Waals surface area contributed by atoms with Crippen LogP contribution in [0.5, 0.6) is 5.75 Å². The minimum absolute atomic E-state index is 0.0422. The van der Waals surface area contributed by atoms with Crippen LogP contribution in [0.3, 0.4) is 0 Å². The molecule has 2 heterocycles. The molecule has 1 N–H and O–H groups in total. The third kappa shape index (κ3) is 4.59. The maximum atomic E-state index is 12.0. The molecule has 112 valence electrons. The van der Waals surface area contributed by atoms with Crippen molar-refractivity contribution >= 4 is 5.91 Å². The summed E-state index contributed by atoms with van der Waals surface area (Å²) >= 11 is 0. The molecule has 0 aromatic carbocycles. The fourth-order valence-corrected chi connectivity index (χ4v) is 1.82. The van der Waals surface area contributed by atoms with Crippen LogP contribution in [-0.2, 0) is 4.79 Å². The van der Waals surface area contributed by atoms with Gasteiger partial charge in [0.05, 0.1) is 19.0 Å². The van der Waals surface area contributed by atoms with Crippen molar-refractivity contribution in [1.29, 1.82) is 0 Å². The number of nitrogens with one attached hydrogen (secondary N) is 1. The van der Waals surface area contributed by atoms with Crippen LogP contribution < -0.4 is 10.1 Å². The summed E-state index contributed by atoms with van der Waals surface area (Å²) in [5.41, 5.74) is 1.04. The zero-order valence-electron chi connectivity index (χ0n) is 12.3. The van der Waals surface area contributed by atoms with E-state index in [0.717, 1.165) is 17.7 Å². The molecule has 21 heavy (non-hydrogen) atoms. The summed E-state index contributed by atoms with van der Waals surface area (Å²) in [5, 5.41) is 7.03. The maximum Gasteiger partial charge on any atom is 0.244 e. The first kappa shape index (κ1) is 15.0. The molecule has 0 saturated carbocycles. The number of aryl methyl sites for hydroxylation is 1. The molecule has 6 nitrogen and oxygen atoms in total. The Balaban J connectivity index is 1.65. The minimum atomic E-state index is -0.307. The molecule has 0 aliphatic rings. The van der Waals surface area contributed by atoms with E-state index >= 15 is 0 Å². The second-order valence-electron chi connectivity index (χ2n) is 4.86. The second-order valence-corrected chi connectivity index (χ2v) is 4.86. The predicted molar refractivity (Wildman–Crippen MR) is 79.0 cm³/mol. The number of rotatable bonds is 7.